The average molecular weight is 392 g/mol. The normalized spacial score (nSPS) is 13.9. The van der Waals surface area contributed by atoms with E-state index in [0.29, 0.717) is 5.69 Å². The first-order chi connectivity index (χ1) is 13.9. The fourth-order valence-corrected chi connectivity index (χ4v) is 3.22. The summed E-state index contributed by atoms with van der Waals surface area (Å²) in [4.78, 5) is 36.4. The van der Waals surface area contributed by atoms with Gasteiger partial charge in [0.15, 0.2) is 6.10 Å². The topological polar surface area (TPSA) is 84.5 Å². The average Bonchev–Trinajstić information content (AvgIpc) is 3.15. The minimum atomic E-state index is -1.02. The number of carbonyl (C=O) groups is 3. The van der Waals surface area contributed by atoms with Gasteiger partial charge in [-0.2, -0.15) is 0 Å². The van der Waals surface area contributed by atoms with E-state index in [2.05, 4.69) is 10.6 Å². The second-order valence-electron chi connectivity index (χ2n) is 7.02. The summed E-state index contributed by atoms with van der Waals surface area (Å²) in [5.41, 5.74) is 3.93. The predicted octanol–water partition coefficient (Wildman–Crippen LogP) is 3.22. The van der Waals surface area contributed by atoms with E-state index in [4.69, 9.17) is 4.74 Å². The van der Waals surface area contributed by atoms with E-state index in [-0.39, 0.29) is 5.70 Å². The van der Waals surface area contributed by atoms with Gasteiger partial charge in [-0.25, -0.2) is 4.79 Å². The van der Waals surface area contributed by atoms with Crippen molar-refractivity contribution in [3.8, 4) is 0 Å². The number of anilines is 1. The molecule has 1 aliphatic rings. The van der Waals surface area contributed by atoms with Crippen LogP contribution in [0.1, 0.15) is 37.0 Å². The number of fused-ring (bicyclic) bond motifs is 1. The zero-order chi connectivity index (χ0) is 20.8. The second kappa shape index (κ2) is 9.19. The van der Waals surface area contributed by atoms with Crippen LogP contribution in [0.15, 0.2) is 54.2 Å². The van der Waals surface area contributed by atoms with Crippen molar-refractivity contribution in [1.82, 2.24) is 5.32 Å². The number of hydrogen-bond donors (Lipinski definition) is 2. The molecule has 0 aliphatic heterocycles. The summed E-state index contributed by atoms with van der Waals surface area (Å²) in [5, 5.41) is 5.25. The van der Waals surface area contributed by atoms with Crippen molar-refractivity contribution in [1.29, 1.82) is 0 Å². The van der Waals surface area contributed by atoms with Crippen LogP contribution in [0.4, 0.5) is 5.69 Å². The van der Waals surface area contributed by atoms with Crippen molar-refractivity contribution in [2.45, 2.75) is 39.2 Å². The molecule has 2 amide bonds. The number of nitrogens with one attached hydrogen (secondary N) is 2. The molecule has 0 spiro atoms. The third-order valence-corrected chi connectivity index (χ3v) is 4.66. The molecule has 2 aromatic rings. The van der Waals surface area contributed by atoms with Crippen LogP contribution in [0.3, 0.4) is 0 Å². The van der Waals surface area contributed by atoms with Crippen molar-refractivity contribution in [3.05, 3.63) is 70.9 Å². The summed E-state index contributed by atoms with van der Waals surface area (Å²) in [5.74, 6) is -1.61. The van der Waals surface area contributed by atoms with Gasteiger partial charge in [-0.15, -0.1) is 0 Å². The van der Waals surface area contributed by atoms with Gasteiger partial charge in [0, 0.05) is 12.6 Å². The van der Waals surface area contributed by atoms with E-state index in [9.17, 15) is 14.4 Å². The van der Waals surface area contributed by atoms with Crippen LogP contribution < -0.4 is 10.6 Å². The summed E-state index contributed by atoms with van der Waals surface area (Å²) in [7, 11) is 0. The van der Waals surface area contributed by atoms with Gasteiger partial charge >= 0.3 is 5.97 Å². The van der Waals surface area contributed by atoms with Crippen molar-refractivity contribution in [3.63, 3.8) is 0 Å². The number of esters is 1. The molecular formula is C23H24N2O4. The minimum absolute atomic E-state index is 0.0270. The highest BCUT2D eigenvalue weighted by atomic mass is 16.5. The maximum absolute atomic E-state index is 12.5. The number of ether oxygens (including phenoxy) is 1. The Morgan fingerprint density at radius 1 is 1.03 bits per heavy atom. The molecule has 0 radical (unpaired) electrons. The Bertz CT molecular complexity index is 951. The Morgan fingerprint density at radius 2 is 1.76 bits per heavy atom. The molecule has 0 aromatic heterocycles. The third-order valence-electron chi connectivity index (χ3n) is 4.66. The highest BCUT2D eigenvalue weighted by Gasteiger charge is 2.22. The van der Waals surface area contributed by atoms with E-state index in [1.54, 1.807) is 12.1 Å². The molecule has 6 heteroatoms. The van der Waals surface area contributed by atoms with Gasteiger partial charge in [0.05, 0.1) is 0 Å². The van der Waals surface area contributed by atoms with Gasteiger partial charge in [0.2, 0.25) is 5.91 Å². The fraction of sp³-hybridized carbons (Fsp3) is 0.261. The van der Waals surface area contributed by atoms with Crippen molar-refractivity contribution >= 4 is 29.5 Å². The first kappa shape index (κ1) is 20.3. The standard InChI is InChI=1S/C23H24N2O4/c1-15(22(27)25-20-12-11-18-9-6-10-19(18)14-20)29-23(28)21(24-16(2)26)13-17-7-4-3-5-8-17/h3-5,7-8,11-15H,6,9-10H2,1-2H3,(H,24,26)(H,25,27)/b21-13-/t15-/m0/s1. The fourth-order valence-electron chi connectivity index (χ4n) is 3.22. The summed E-state index contributed by atoms with van der Waals surface area (Å²) < 4.78 is 5.28. The Morgan fingerprint density at radius 3 is 2.48 bits per heavy atom. The number of benzene rings is 2. The number of carbonyl (C=O) groups excluding carboxylic acids is 3. The zero-order valence-electron chi connectivity index (χ0n) is 16.5. The van der Waals surface area contributed by atoms with E-state index in [1.165, 1.54) is 31.1 Å². The molecule has 150 valence electrons. The van der Waals surface area contributed by atoms with Gasteiger partial charge in [0.25, 0.3) is 5.91 Å². The van der Waals surface area contributed by atoms with E-state index < -0.39 is 23.9 Å². The lowest BCUT2D eigenvalue weighted by atomic mass is 10.1. The zero-order valence-corrected chi connectivity index (χ0v) is 16.5. The van der Waals surface area contributed by atoms with Crippen LogP contribution >= 0.6 is 0 Å². The van der Waals surface area contributed by atoms with E-state index in [1.807, 2.05) is 36.4 Å². The lowest BCUT2D eigenvalue weighted by Crippen LogP contribution is -2.33. The van der Waals surface area contributed by atoms with Crippen LogP contribution in [-0.2, 0) is 32.0 Å². The van der Waals surface area contributed by atoms with Crippen LogP contribution in [0, 0.1) is 0 Å². The van der Waals surface area contributed by atoms with Crippen molar-refractivity contribution in [2.75, 3.05) is 5.32 Å². The molecule has 0 saturated carbocycles. The summed E-state index contributed by atoms with van der Waals surface area (Å²) in [6.07, 6.45) is 3.68. The quantitative estimate of drug-likeness (QED) is 0.584. The monoisotopic (exact) mass is 392 g/mol. The van der Waals surface area contributed by atoms with Crippen LogP contribution in [0.5, 0.6) is 0 Å². The molecule has 6 nitrogen and oxygen atoms in total. The van der Waals surface area contributed by atoms with Gasteiger partial charge in [-0.1, -0.05) is 36.4 Å². The maximum Gasteiger partial charge on any atom is 0.355 e. The molecule has 1 aliphatic carbocycles. The molecule has 1 atom stereocenters. The summed E-state index contributed by atoms with van der Waals surface area (Å²) in [6, 6.07) is 14.9. The molecular weight excluding hydrogens is 368 g/mol. The third kappa shape index (κ3) is 5.54. The van der Waals surface area contributed by atoms with Gasteiger partial charge < -0.3 is 15.4 Å². The smallest absolute Gasteiger partial charge is 0.355 e. The number of rotatable bonds is 6. The Balaban J connectivity index is 1.66. The Labute approximate surface area is 170 Å². The maximum atomic E-state index is 12.5. The molecule has 2 aromatic carbocycles. The molecule has 29 heavy (non-hydrogen) atoms. The van der Waals surface area contributed by atoms with Crippen LogP contribution in [0.25, 0.3) is 6.08 Å². The molecule has 0 heterocycles. The molecule has 3 rings (SSSR count). The molecule has 2 N–H and O–H groups in total. The highest BCUT2D eigenvalue weighted by molar-refractivity contribution is 6.00. The largest absolute Gasteiger partial charge is 0.448 e. The number of hydrogen-bond acceptors (Lipinski definition) is 4. The Kier molecular flexibility index (Phi) is 6.44. The minimum Gasteiger partial charge on any atom is -0.448 e. The van der Waals surface area contributed by atoms with Crippen molar-refractivity contribution < 1.29 is 19.1 Å². The number of aryl methyl sites for hydroxylation is 2. The van der Waals surface area contributed by atoms with Crippen molar-refractivity contribution in [2.24, 2.45) is 0 Å². The molecule has 0 bridgehead atoms. The van der Waals surface area contributed by atoms with Gasteiger partial charge in [-0.3, -0.25) is 9.59 Å². The predicted molar refractivity (Wildman–Crippen MR) is 111 cm³/mol. The number of amides is 2. The molecule has 0 fully saturated rings. The first-order valence-electron chi connectivity index (χ1n) is 9.60. The first-order valence-corrected chi connectivity index (χ1v) is 9.60. The van der Waals surface area contributed by atoms with Crippen LogP contribution in [0.2, 0.25) is 0 Å². The lowest BCUT2D eigenvalue weighted by molar-refractivity contribution is -0.149. The lowest BCUT2D eigenvalue weighted by Gasteiger charge is -2.15. The van der Waals surface area contributed by atoms with E-state index >= 15 is 0 Å². The summed E-state index contributed by atoms with van der Waals surface area (Å²) >= 11 is 0. The molecule has 0 saturated heterocycles. The highest BCUT2D eigenvalue weighted by Crippen LogP contribution is 2.25. The van der Waals surface area contributed by atoms with E-state index in [0.717, 1.165) is 24.8 Å². The van der Waals surface area contributed by atoms with Gasteiger partial charge in [0.1, 0.15) is 5.70 Å². The Hall–Kier alpha value is -3.41. The van der Waals surface area contributed by atoms with Gasteiger partial charge in [-0.05, 0) is 61.1 Å². The second-order valence-corrected chi connectivity index (χ2v) is 7.02. The SMILES string of the molecule is CC(=O)N/C(=C\c1ccccc1)C(=O)O[C@@H](C)C(=O)Nc1ccc2c(c1)CCC2. The van der Waals surface area contributed by atoms with Crippen LogP contribution in [-0.4, -0.2) is 23.9 Å². The summed E-state index contributed by atoms with van der Waals surface area (Å²) in [6.45, 7) is 2.80. The molecule has 0 unspecified atom stereocenters.